The van der Waals surface area contributed by atoms with Gasteiger partial charge in [0.25, 0.3) is 10.0 Å². The largest absolute Gasteiger partial charge is 0.480 e. The van der Waals surface area contributed by atoms with Crippen molar-refractivity contribution in [1.82, 2.24) is 9.55 Å². The third kappa shape index (κ3) is 5.02. The van der Waals surface area contributed by atoms with Gasteiger partial charge in [0.2, 0.25) is 0 Å². The van der Waals surface area contributed by atoms with Crippen molar-refractivity contribution in [3.8, 4) is 5.82 Å². The Morgan fingerprint density at radius 3 is 2.40 bits per heavy atom. The van der Waals surface area contributed by atoms with E-state index in [1.54, 1.807) is 54.2 Å². The minimum absolute atomic E-state index is 0.0111. The number of rotatable bonds is 8. The third-order valence-electron chi connectivity index (χ3n) is 5.30. The molecule has 2 heterocycles. The highest BCUT2D eigenvalue weighted by Gasteiger charge is 2.28. The fourth-order valence-electron chi connectivity index (χ4n) is 3.66. The number of carbonyl (C=O) groups excluding carboxylic acids is 1. The van der Waals surface area contributed by atoms with E-state index in [4.69, 9.17) is 23.2 Å². The summed E-state index contributed by atoms with van der Waals surface area (Å²) in [5.41, 5.74) is 1.38. The number of sulfonamides is 1. The molecule has 0 saturated carbocycles. The van der Waals surface area contributed by atoms with Crippen molar-refractivity contribution in [2.45, 2.75) is 18.2 Å². The summed E-state index contributed by atoms with van der Waals surface area (Å²) in [5, 5.41) is 10.3. The summed E-state index contributed by atoms with van der Waals surface area (Å²) in [6, 6.07) is 13.6. The van der Waals surface area contributed by atoms with Crippen LogP contribution in [0.4, 0.5) is 5.69 Å². The van der Waals surface area contributed by atoms with Crippen LogP contribution >= 0.6 is 23.2 Å². The van der Waals surface area contributed by atoms with E-state index in [1.165, 1.54) is 24.3 Å². The third-order valence-corrected chi connectivity index (χ3v) is 7.49. The van der Waals surface area contributed by atoms with Gasteiger partial charge in [-0.05, 0) is 54.6 Å². The number of carboxylic acids is 1. The number of Topliss-reactive ketones (excluding diaryl/α,β-unsaturated/α-hetero) is 1. The normalized spacial score (nSPS) is 11.5. The van der Waals surface area contributed by atoms with Crippen molar-refractivity contribution in [2.24, 2.45) is 0 Å². The highest BCUT2D eigenvalue weighted by molar-refractivity contribution is 7.92. The summed E-state index contributed by atoms with van der Waals surface area (Å²) >= 11 is 12.0. The van der Waals surface area contributed by atoms with Crippen molar-refractivity contribution in [2.75, 3.05) is 10.8 Å². The van der Waals surface area contributed by atoms with E-state index in [1.807, 2.05) is 0 Å². The van der Waals surface area contributed by atoms with Crippen LogP contribution in [-0.2, 0) is 14.8 Å². The first-order valence-electron chi connectivity index (χ1n) is 10.4. The Bertz CT molecular complexity index is 1550. The van der Waals surface area contributed by atoms with Crippen LogP contribution in [0.5, 0.6) is 0 Å². The van der Waals surface area contributed by atoms with Crippen LogP contribution in [0.25, 0.3) is 16.7 Å². The molecule has 0 aliphatic rings. The van der Waals surface area contributed by atoms with Gasteiger partial charge in [-0.25, -0.2) is 13.4 Å². The van der Waals surface area contributed by atoms with Gasteiger partial charge < -0.3 is 9.67 Å². The Hall–Kier alpha value is -3.40. The molecule has 0 radical (unpaired) electrons. The van der Waals surface area contributed by atoms with Crippen molar-refractivity contribution >= 4 is 61.6 Å². The Kier molecular flexibility index (Phi) is 6.84. The highest BCUT2D eigenvalue weighted by Crippen LogP contribution is 2.31. The highest BCUT2D eigenvalue weighted by atomic mass is 35.5. The molecule has 0 aliphatic carbocycles. The number of hydrogen-bond donors (Lipinski definition) is 1. The van der Waals surface area contributed by atoms with Crippen LogP contribution in [0.1, 0.15) is 23.7 Å². The molecule has 1 N–H and O–H groups in total. The average molecular weight is 532 g/mol. The van der Waals surface area contributed by atoms with Gasteiger partial charge in [-0.15, -0.1) is 0 Å². The van der Waals surface area contributed by atoms with Gasteiger partial charge in [-0.3, -0.25) is 13.9 Å². The molecule has 4 rings (SSSR count). The summed E-state index contributed by atoms with van der Waals surface area (Å²) in [6.45, 7) is 0.977. The summed E-state index contributed by atoms with van der Waals surface area (Å²) in [7, 11) is -4.30. The number of fused-ring (bicyclic) bond motifs is 1. The zero-order valence-electron chi connectivity index (χ0n) is 18.4. The van der Waals surface area contributed by atoms with Crippen molar-refractivity contribution in [3.63, 3.8) is 0 Å². The lowest BCUT2D eigenvalue weighted by molar-refractivity contribution is -0.135. The van der Waals surface area contributed by atoms with E-state index in [9.17, 15) is 23.1 Å². The van der Waals surface area contributed by atoms with E-state index in [2.05, 4.69) is 4.98 Å². The molecular weight excluding hydrogens is 513 g/mol. The van der Waals surface area contributed by atoms with E-state index in [-0.39, 0.29) is 26.4 Å². The molecule has 180 valence electrons. The molecule has 0 spiro atoms. The van der Waals surface area contributed by atoms with E-state index in [0.29, 0.717) is 28.7 Å². The molecule has 4 aromatic rings. The van der Waals surface area contributed by atoms with Crippen LogP contribution in [-0.4, -0.2) is 41.4 Å². The summed E-state index contributed by atoms with van der Waals surface area (Å²) in [6.07, 6.45) is 3.66. The second-order valence-corrected chi connectivity index (χ2v) is 10.4. The monoisotopic (exact) mass is 531 g/mol. The number of ketones is 1. The van der Waals surface area contributed by atoms with Crippen LogP contribution in [0.2, 0.25) is 10.0 Å². The number of carboxylic acid groups (broad SMARTS) is 1. The van der Waals surface area contributed by atoms with Crippen molar-refractivity contribution < 1.29 is 23.1 Å². The maximum absolute atomic E-state index is 13.4. The minimum atomic E-state index is -4.30. The van der Waals surface area contributed by atoms with Gasteiger partial charge >= 0.3 is 5.97 Å². The molecule has 11 heteroatoms. The molecule has 0 unspecified atom stereocenters. The molecule has 0 amide bonds. The maximum Gasteiger partial charge on any atom is 0.324 e. The molecule has 0 bridgehead atoms. The number of carbonyl (C=O) groups is 2. The summed E-state index contributed by atoms with van der Waals surface area (Å²) < 4.78 is 29.3. The SMILES string of the molecule is CCC(=O)c1ccnc(-n2ccc3cc(N(CC(=O)O)S(=O)(=O)c4cc(Cl)cc(Cl)c4)ccc32)c1. The van der Waals surface area contributed by atoms with Gasteiger partial charge in [0.05, 0.1) is 16.1 Å². The molecule has 0 atom stereocenters. The topological polar surface area (TPSA) is 110 Å². The number of halogens is 2. The second-order valence-electron chi connectivity index (χ2n) is 7.62. The number of anilines is 1. The van der Waals surface area contributed by atoms with Crippen molar-refractivity contribution in [1.29, 1.82) is 0 Å². The van der Waals surface area contributed by atoms with Gasteiger partial charge in [-0.2, -0.15) is 0 Å². The van der Waals surface area contributed by atoms with E-state index in [0.717, 1.165) is 4.31 Å². The van der Waals surface area contributed by atoms with E-state index >= 15 is 0 Å². The zero-order chi connectivity index (χ0) is 25.3. The number of nitrogens with zero attached hydrogens (tertiary/aromatic N) is 3. The van der Waals surface area contributed by atoms with Gasteiger partial charge in [0.1, 0.15) is 12.4 Å². The van der Waals surface area contributed by atoms with Crippen LogP contribution < -0.4 is 4.31 Å². The van der Waals surface area contributed by atoms with Crippen LogP contribution in [0.15, 0.2) is 71.9 Å². The van der Waals surface area contributed by atoms with Crippen LogP contribution in [0.3, 0.4) is 0 Å². The van der Waals surface area contributed by atoms with Crippen molar-refractivity contribution in [3.05, 3.63) is 82.6 Å². The number of aliphatic carboxylic acids is 1. The Morgan fingerprint density at radius 2 is 1.74 bits per heavy atom. The first kappa shape index (κ1) is 24.7. The molecule has 0 fully saturated rings. The molecule has 2 aromatic heterocycles. The molecule has 0 aliphatic heterocycles. The van der Waals surface area contributed by atoms with E-state index < -0.39 is 22.5 Å². The second kappa shape index (κ2) is 9.69. The number of hydrogen-bond acceptors (Lipinski definition) is 5. The lowest BCUT2D eigenvalue weighted by atomic mass is 10.1. The molecule has 0 saturated heterocycles. The van der Waals surface area contributed by atoms with Gasteiger partial charge in [0.15, 0.2) is 5.78 Å². The quantitative estimate of drug-likeness (QED) is 0.312. The average Bonchev–Trinajstić information content (AvgIpc) is 3.24. The Labute approximate surface area is 211 Å². The first-order chi connectivity index (χ1) is 16.6. The predicted molar refractivity (Wildman–Crippen MR) is 134 cm³/mol. The first-order valence-corrected chi connectivity index (χ1v) is 12.6. The standard InChI is InChI=1S/C24H19Cl2N3O5S/c1-2-22(30)16-5-7-27-23(10-16)28-8-6-15-9-19(3-4-21(15)28)29(14-24(31)32)35(33,34)20-12-17(25)11-18(26)13-20/h3-13H,2,14H2,1H3,(H,31,32). The number of benzene rings is 2. The Morgan fingerprint density at radius 1 is 1.03 bits per heavy atom. The fourth-order valence-corrected chi connectivity index (χ4v) is 5.79. The zero-order valence-corrected chi connectivity index (χ0v) is 20.7. The summed E-state index contributed by atoms with van der Waals surface area (Å²) in [4.78, 5) is 27.8. The molecule has 2 aromatic carbocycles. The maximum atomic E-state index is 13.4. The lowest BCUT2D eigenvalue weighted by Gasteiger charge is -2.23. The van der Waals surface area contributed by atoms with Crippen LogP contribution in [0, 0.1) is 0 Å². The lowest BCUT2D eigenvalue weighted by Crippen LogP contribution is -2.35. The predicted octanol–water partition coefficient (Wildman–Crippen LogP) is 5.20. The van der Waals surface area contributed by atoms with Gasteiger partial charge in [0, 0.05) is 39.8 Å². The number of pyridine rings is 1. The van der Waals surface area contributed by atoms with Gasteiger partial charge in [-0.1, -0.05) is 30.1 Å². The molecule has 35 heavy (non-hydrogen) atoms. The fraction of sp³-hybridized carbons (Fsp3) is 0.125. The molecular formula is C24H19Cl2N3O5S. The molecule has 8 nitrogen and oxygen atoms in total. The smallest absolute Gasteiger partial charge is 0.324 e. The minimum Gasteiger partial charge on any atom is -0.480 e. The summed E-state index contributed by atoms with van der Waals surface area (Å²) in [5.74, 6) is -0.820. The number of aromatic nitrogens is 2. The Balaban J connectivity index is 1.79.